The van der Waals surface area contributed by atoms with E-state index in [-0.39, 0.29) is 29.7 Å². The summed E-state index contributed by atoms with van der Waals surface area (Å²) < 4.78 is 27.9. The summed E-state index contributed by atoms with van der Waals surface area (Å²) in [7, 11) is -3.77. The van der Waals surface area contributed by atoms with E-state index in [1.54, 1.807) is 72.5 Å². The SMILES string of the molecule is Cc1ccc(NC(=O)C2CC(=O)N(c3cccc(Cl)c3)C2)cc1NS(=O)(=O)c1ccccc1. The second-order valence-corrected chi connectivity index (χ2v) is 9.94. The molecule has 7 nitrogen and oxygen atoms in total. The zero-order chi connectivity index (χ0) is 23.6. The minimum atomic E-state index is -3.77. The second-order valence-electron chi connectivity index (χ2n) is 7.82. The Kier molecular flexibility index (Phi) is 6.40. The van der Waals surface area contributed by atoms with E-state index >= 15 is 0 Å². The number of carbonyl (C=O) groups is 2. The topological polar surface area (TPSA) is 95.6 Å². The van der Waals surface area contributed by atoms with Crippen molar-refractivity contribution in [2.24, 2.45) is 5.92 Å². The first-order valence-corrected chi connectivity index (χ1v) is 12.1. The maximum atomic E-state index is 12.9. The first-order valence-electron chi connectivity index (χ1n) is 10.3. The second kappa shape index (κ2) is 9.25. The number of rotatable bonds is 6. The molecule has 4 rings (SSSR count). The summed E-state index contributed by atoms with van der Waals surface area (Å²) in [6.45, 7) is 2.01. The highest BCUT2D eigenvalue weighted by molar-refractivity contribution is 7.92. The van der Waals surface area contributed by atoms with Crippen molar-refractivity contribution >= 4 is 50.5 Å². The van der Waals surface area contributed by atoms with Crippen molar-refractivity contribution in [2.45, 2.75) is 18.2 Å². The molecule has 0 bridgehead atoms. The molecule has 0 spiro atoms. The first kappa shape index (κ1) is 22.8. The number of hydrogen-bond donors (Lipinski definition) is 2. The van der Waals surface area contributed by atoms with Gasteiger partial charge in [0.2, 0.25) is 11.8 Å². The third-order valence-corrected chi connectivity index (χ3v) is 7.04. The van der Waals surface area contributed by atoms with Crippen LogP contribution in [0.15, 0.2) is 77.7 Å². The van der Waals surface area contributed by atoms with Crippen LogP contribution in [0.4, 0.5) is 17.1 Å². The van der Waals surface area contributed by atoms with Gasteiger partial charge in [0, 0.05) is 29.4 Å². The van der Waals surface area contributed by atoms with Crippen LogP contribution in [0.3, 0.4) is 0 Å². The predicted octanol–water partition coefficient (Wildman–Crippen LogP) is 4.44. The lowest BCUT2D eigenvalue weighted by Gasteiger charge is -2.17. The normalized spacial score (nSPS) is 16.0. The van der Waals surface area contributed by atoms with Crippen LogP contribution in [0.1, 0.15) is 12.0 Å². The molecule has 170 valence electrons. The Labute approximate surface area is 197 Å². The molecular weight excluding hydrogens is 462 g/mol. The number of amides is 2. The minimum absolute atomic E-state index is 0.0811. The van der Waals surface area contributed by atoms with E-state index in [0.29, 0.717) is 27.6 Å². The summed E-state index contributed by atoms with van der Waals surface area (Å²) in [4.78, 5) is 27.0. The molecule has 0 saturated carbocycles. The van der Waals surface area contributed by atoms with E-state index in [1.165, 1.54) is 12.1 Å². The Morgan fingerprint density at radius 1 is 1.03 bits per heavy atom. The van der Waals surface area contributed by atoms with Gasteiger partial charge >= 0.3 is 0 Å². The molecule has 2 N–H and O–H groups in total. The fraction of sp³-hybridized carbons (Fsp3) is 0.167. The van der Waals surface area contributed by atoms with Gasteiger partial charge in [0.05, 0.1) is 16.5 Å². The van der Waals surface area contributed by atoms with E-state index in [9.17, 15) is 18.0 Å². The van der Waals surface area contributed by atoms with E-state index in [2.05, 4.69) is 10.0 Å². The van der Waals surface area contributed by atoms with E-state index in [4.69, 9.17) is 11.6 Å². The molecule has 1 fully saturated rings. The number of anilines is 3. The zero-order valence-corrected chi connectivity index (χ0v) is 19.4. The highest BCUT2D eigenvalue weighted by Gasteiger charge is 2.35. The van der Waals surface area contributed by atoms with E-state index < -0.39 is 15.9 Å². The molecule has 3 aromatic rings. The van der Waals surface area contributed by atoms with Gasteiger partial charge in [-0.3, -0.25) is 14.3 Å². The van der Waals surface area contributed by atoms with Crippen molar-refractivity contribution in [1.29, 1.82) is 0 Å². The Morgan fingerprint density at radius 2 is 1.79 bits per heavy atom. The lowest BCUT2D eigenvalue weighted by atomic mass is 10.1. The van der Waals surface area contributed by atoms with Crippen molar-refractivity contribution in [3.05, 3.63) is 83.4 Å². The highest BCUT2D eigenvalue weighted by Crippen LogP contribution is 2.29. The van der Waals surface area contributed by atoms with E-state index in [0.717, 1.165) is 0 Å². The Balaban J connectivity index is 1.47. The van der Waals surface area contributed by atoms with Crippen molar-refractivity contribution in [3.8, 4) is 0 Å². The van der Waals surface area contributed by atoms with Crippen LogP contribution in [-0.4, -0.2) is 26.8 Å². The smallest absolute Gasteiger partial charge is 0.261 e. The zero-order valence-electron chi connectivity index (χ0n) is 17.8. The Bertz CT molecular complexity index is 1310. The summed E-state index contributed by atoms with van der Waals surface area (Å²) in [6.07, 6.45) is 0.0811. The summed E-state index contributed by atoms with van der Waals surface area (Å²) >= 11 is 6.02. The van der Waals surface area contributed by atoms with Crippen LogP contribution >= 0.6 is 11.6 Å². The van der Waals surface area contributed by atoms with Crippen molar-refractivity contribution in [3.63, 3.8) is 0 Å². The third-order valence-electron chi connectivity index (χ3n) is 5.42. The molecule has 9 heteroatoms. The Morgan fingerprint density at radius 3 is 2.52 bits per heavy atom. The largest absolute Gasteiger partial charge is 0.326 e. The summed E-state index contributed by atoms with van der Waals surface area (Å²) in [5.74, 6) is -1.01. The number of aryl methyl sites for hydroxylation is 1. The van der Waals surface area contributed by atoms with Gasteiger partial charge in [-0.1, -0.05) is 41.9 Å². The number of sulfonamides is 1. The summed E-state index contributed by atoms with van der Waals surface area (Å²) in [5.41, 5.74) is 2.15. The number of hydrogen-bond acceptors (Lipinski definition) is 4. The molecule has 0 radical (unpaired) electrons. The molecule has 1 heterocycles. The minimum Gasteiger partial charge on any atom is -0.326 e. The van der Waals surface area contributed by atoms with Crippen molar-refractivity contribution < 1.29 is 18.0 Å². The summed E-state index contributed by atoms with van der Waals surface area (Å²) in [6, 6.07) is 20.0. The molecule has 1 atom stereocenters. The van der Waals surface area contributed by atoms with Gasteiger partial charge < -0.3 is 10.2 Å². The average molecular weight is 484 g/mol. The molecule has 3 aromatic carbocycles. The van der Waals surface area contributed by atoms with Crippen molar-refractivity contribution in [2.75, 3.05) is 21.5 Å². The molecule has 0 aromatic heterocycles. The molecular formula is C24H22ClN3O4S. The van der Waals surface area contributed by atoms with Gasteiger partial charge in [0.1, 0.15) is 0 Å². The molecule has 1 saturated heterocycles. The van der Waals surface area contributed by atoms with Crippen LogP contribution < -0.4 is 14.9 Å². The van der Waals surface area contributed by atoms with Gasteiger partial charge in [-0.25, -0.2) is 8.42 Å². The molecule has 1 unspecified atom stereocenters. The van der Waals surface area contributed by atoms with Crippen molar-refractivity contribution in [1.82, 2.24) is 0 Å². The van der Waals surface area contributed by atoms with Crippen LogP contribution in [0.2, 0.25) is 5.02 Å². The van der Waals surface area contributed by atoms with Crippen LogP contribution in [0.25, 0.3) is 0 Å². The average Bonchev–Trinajstić information content (AvgIpc) is 3.18. The standard InChI is InChI=1S/C24H22ClN3O4S/c1-16-10-11-19(14-22(16)27-33(31,32)21-8-3-2-4-9-21)26-24(30)17-12-23(29)28(15-17)20-7-5-6-18(25)13-20/h2-11,13-14,17,27H,12,15H2,1H3,(H,26,30). The first-order chi connectivity index (χ1) is 15.7. The molecule has 33 heavy (non-hydrogen) atoms. The van der Waals surface area contributed by atoms with Crippen LogP contribution in [0, 0.1) is 12.8 Å². The molecule has 1 aliphatic rings. The highest BCUT2D eigenvalue weighted by atomic mass is 35.5. The maximum Gasteiger partial charge on any atom is 0.261 e. The van der Waals surface area contributed by atoms with Gasteiger partial charge in [-0.15, -0.1) is 0 Å². The number of halogens is 1. The number of nitrogens with one attached hydrogen (secondary N) is 2. The lowest BCUT2D eigenvalue weighted by molar-refractivity contribution is -0.122. The van der Waals surface area contributed by atoms with Gasteiger partial charge in [-0.2, -0.15) is 0 Å². The van der Waals surface area contributed by atoms with Gasteiger partial charge in [0.25, 0.3) is 10.0 Å². The molecule has 1 aliphatic heterocycles. The fourth-order valence-corrected chi connectivity index (χ4v) is 4.96. The van der Waals surface area contributed by atoms with Crippen LogP contribution in [0.5, 0.6) is 0 Å². The maximum absolute atomic E-state index is 12.9. The number of benzene rings is 3. The number of nitrogens with zero attached hydrogens (tertiary/aromatic N) is 1. The van der Waals surface area contributed by atoms with Crippen LogP contribution in [-0.2, 0) is 19.6 Å². The fourth-order valence-electron chi connectivity index (χ4n) is 3.63. The Hall–Kier alpha value is -3.36. The number of carbonyl (C=O) groups excluding carboxylic acids is 2. The predicted molar refractivity (Wildman–Crippen MR) is 129 cm³/mol. The lowest BCUT2D eigenvalue weighted by Crippen LogP contribution is -2.28. The summed E-state index contributed by atoms with van der Waals surface area (Å²) in [5, 5.41) is 3.31. The monoisotopic (exact) mass is 483 g/mol. The van der Waals surface area contributed by atoms with Gasteiger partial charge in [-0.05, 0) is 55.0 Å². The van der Waals surface area contributed by atoms with Gasteiger partial charge in [0.15, 0.2) is 0 Å². The quantitative estimate of drug-likeness (QED) is 0.541. The third kappa shape index (κ3) is 5.18. The molecule has 0 aliphatic carbocycles. The van der Waals surface area contributed by atoms with E-state index in [1.807, 2.05) is 0 Å². The molecule has 2 amide bonds.